The van der Waals surface area contributed by atoms with Gasteiger partial charge in [0.2, 0.25) is 0 Å². The summed E-state index contributed by atoms with van der Waals surface area (Å²) in [5.41, 5.74) is 0. The van der Waals surface area contributed by atoms with Crippen LogP contribution in [0.15, 0.2) is 0 Å². The molecule has 0 spiro atoms. The zero-order valence-electron chi connectivity index (χ0n) is 6.62. The van der Waals surface area contributed by atoms with Crippen molar-refractivity contribution in [2.24, 2.45) is 0 Å². The maximum absolute atomic E-state index is 9.63. The van der Waals surface area contributed by atoms with Gasteiger partial charge in [-0.3, -0.25) is 0 Å². The van der Waals surface area contributed by atoms with Crippen molar-refractivity contribution in [3.05, 3.63) is 0 Å². The first-order valence-electron chi connectivity index (χ1n) is 1.53. The Bertz CT molecular complexity index is 162. The Kier molecular flexibility index (Phi) is 12.0. The molecule has 0 amide bonds. The van der Waals surface area contributed by atoms with Gasteiger partial charge >= 0.3 is 67.0 Å². The third kappa shape index (κ3) is 19.1. The Labute approximate surface area is 119 Å². The molecule has 0 aromatic heterocycles. The first-order valence-corrected chi connectivity index (χ1v) is 4.59. The molecular weight excluding hydrogens is 278 g/mol. The second-order valence-corrected chi connectivity index (χ2v) is 3.68. The van der Waals surface area contributed by atoms with Crippen LogP contribution in [0.2, 0.25) is 0 Å². The van der Waals surface area contributed by atoms with Crippen LogP contribution in [0, 0.1) is 0 Å². The smallest absolute Gasteiger partial charge is 1.00 e. The van der Waals surface area contributed by atoms with Crippen molar-refractivity contribution in [2.75, 3.05) is 0 Å². The Balaban J connectivity index is -0.000000107. The summed E-state index contributed by atoms with van der Waals surface area (Å²) in [6.45, 7) is 0. The SMILES string of the molecule is O=P(O)(O)OP(=O)(O)O.[H-].[K+].[Zn]. The molecule has 4 N–H and O–H groups in total. The van der Waals surface area contributed by atoms with Gasteiger partial charge in [0, 0.05) is 19.5 Å². The molecule has 7 nitrogen and oxygen atoms in total. The Hall–Kier alpha value is 2.52. The summed E-state index contributed by atoms with van der Waals surface area (Å²) >= 11 is 0. The van der Waals surface area contributed by atoms with E-state index in [9.17, 15) is 9.13 Å². The van der Waals surface area contributed by atoms with Crippen LogP contribution in [0.3, 0.4) is 0 Å². The maximum Gasteiger partial charge on any atom is 1.00 e. The van der Waals surface area contributed by atoms with E-state index >= 15 is 0 Å². The number of hydrogen-bond donors (Lipinski definition) is 4. The van der Waals surface area contributed by atoms with Crippen molar-refractivity contribution in [3.8, 4) is 0 Å². The molecule has 0 unspecified atom stereocenters. The van der Waals surface area contributed by atoms with Crippen molar-refractivity contribution >= 4 is 15.6 Å². The summed E-state index contributed by atoms with van der Waals surface area (Å²) in [6, 6.07) is 0. The fourth-order valence-electron chi connectivity index (χ4n) is 0.139. The minimum atomic E-state index is -5.05. The van der Waals surface area contributed by atoms with Crippen LogP contribution >= 0.6 is 15.6 Å². The van der Waals surface area contributed by atoms with Crippen molar-refractivity contribution in [1.29, 1.82) is 0 Å². The predicted octanol–water partition coefficient (Wildman–Crippen LogP) is -3.70. The summed E-state index contributed by atoms with van der Waals surface area (Å²) < 4.78 is 22.2. The van der Waals surface area contributed by atoms with E-state index in [2.05, 4.69) is 4.31 Å². The van der Waals surface area contributed by atoms with Crippen LogP contribution in [-0.4, -0.2) is 19.6 Å². The first-order chi connectivity index (χ1) is 3.71. The minimum absolute atomic E-state index is 0. The molecule has 0 radical (unpaired) electrons. The van der Waals surface area contributed by atoms with Gasteiger partial charge in [-0.2, -0.15) is 4.31 Å². The summed E-state index contributed by atoms with van der Waals surface area (Å²) in [4.78, 5) is 31.0. The number of phosphoric acid groups is 2. The molecule has 0 bridgehead atoms. The van der Waals surface area contributed by atoms with Gasteiger partial charge in [-0.05, 0) is 0 Å². The molecule has 0 saturated carbocycles. The van der Waals surface area contributed by atoms with Gasteiger partial charge in [-0.1, -0.05) is 0 Å². The van der Waals surface area contributed by atoms with E-state index in [0.29, 0.717) is 0 Å². The van der Waals surface area contributed by atoms with Gasteiger partial charge in [-0.15, -0.1) is 0 Å². The van der Waals surface area contributed by atoms with Crippen LogP contribution in [0.4, 0.5) is 0 Å². The third-order valence-electron chi connectivity index (χ3n) is 0.213. The molecule has 11 heavy (non-hydrogen) atoms. The average Bonchev–Trinajstić information content (AvgIpc) is 1.14. The van der Waals surface area contributed by atoms with E-state index in [4.69, 9.17) is 19.6 Å². The fraction of sp³-hybridized carbons (Fsp3) is 0. The van der Waals surface area contributed by atoms with Gasteiger partial charge in [0.05, 0.1) is 0 Å². The molecule has 0 fully saturated rings. The summed E-state index contributed by atoms with van der Waals surface area (Å²) in [7, 11) is -10.1. The van der Waals surface area contributed by atoms with Crippen LogP contribution < -0.4 is 51.4 Å². The van der Waals surface area contributed by atoms with Gasteiger partial charge < -0.3 is 21.0 Å². The zero-order valence-corrected chi connectivity index (χ0v) is 13.5. The number of rotatable bonds is 2. The van der Waals surface area contributed by atoms with E-state index in [1.807, 2.05) is 0 Å². The van der Waals surface area contributed by atoms with E-state index in [1.165, 1.54) is 0 Å². The molecule has 60 valence electrons. The molecule has 11 heteroatoms. The van der Waals surface area contributed by atoms with Crippen LogP contribution in [0.5, 0.6) is 0 Å². The topological polar surface area (TPSA) is 124 Å². The van der Waals surface area contributed by atoms with Crippen molar-refractivity contribution in [2.45, 2.75) is 0 Å². The van der Waals surface area contributed by atoms with Gasteiger partial charge in [0.25, 0.3) is 0 Å². The third-order valence-corrected chi connectivity index (χ3v) is 1.91. The largest absolute Gasteiger partial charge is 1.00 e. The quantitative estimate of drug-likeness (QED) is 0.304. The molecule has 0 rings (SSSR count). The van der Waals surface area contributed by atoms with E-state index in [-0.39, 0.29) is 72.3 Å². The van der Waals surface area contributed by atoms with E-state index < -0.39 is 15.6 Å². The molecule has 0 heterocycles. The van der Waals surface area contributed by atoms with Crippen LogP contribution in [0.25, 0.3) is 0 Å². The standard InChI is InChI=1S/K.H4O7P2.Zn.H/c;1-8(2,3)7-9(4,5)6;;/h;(H2,1,2,3)(H2,4,5,6);;/q+1;;;-1. The maximum atomic E-state index is 9.63. The summed E-state index contributed by atoms with van der Waals surface area (Å²) in [5.74, 6) is 0. The normalized spacial score (nSPS) is 11.3. The monoisotopic (exact) mass is 282 g/mol. The number of hydrogen-bond acceptors (Lipinski definition) is 3. The van der Waals surface area contributed by atoms with E-state index in [1.54, 1.807) is 0 Å². The first kappa shape index (κ1) is 19.1. The molecule has 0 aromatic carbocycles. The van der Waals surface area contributed by atoms with Crippen molar-refractivity contribution < 1.29 is 105 Å². The van der Waals surface area contributed by atoms with Gasteiger partial charge in [-0.25, -0.2) is 9.13 Å². The Morgan fingerprint density at radius 2 is 1.18 bits per heavy atom. The Morgan fingerprint density at radius 3 is 1.18 bits per heavy atom. The molecule has 0 aliphatic heterocycles. The van der Waals surface area contributed by atoms with Crippen molar-refractivity contribution in [1.82, 2.24) is 0 Å². The zero-order chi connectivity index (χ0) is 7.71. The fourth-order valence-corrected chi connectivity index (χ4v) is 1.25. The second-order valence-electron chi connectivity index (χ2n) is 1.06. The Morgan fingerprint density at radius 1 is 1.00 bits per heavy atom. The van der Waals surface area contributed by atoms with Crippen LogP contribution in [0.1, 0.15) is 1.43 Å². The minimum Gasteiger partial charge on any atom is -1.00 e. The predicted molar refractivity (Wildman–Crippen MR) is 26.3 cm³/mol. The van der Waals surface area contributed by atoms with E-state index in [0.717, 1.165) is 0 Å². The molecule has 0 aliphatic carbocycles. The molecule has 0 aliphatic rings. The molecule has 0 aromatic rings. The second kappa shape index (κ2) is 6.90. The summed E-state index contributed by atoms with van der Waals surface area (Å²) in [5, 5.41) is 0. The van der Waals surface area contributed by atoms with Gasteiger partial charge in [0.15, 0.2) is 0 Å². The molecular formula is H5KO7P2Zn. The summed E-state index contributed by atoms with van der Waals surface area (Å²) in [6.07, 6.45) is 0. The average molecular weight is 283 g/mol. The van der Waals surface area contributed by atoms with Crippen molar-refractivity contribution in [3.63, 3.8) is 0 Å². The van der Waals surface area contributed by atoms with Crippen LogP contribution in [-0.2, 0) is 32.9 Å². The molecule has 0 saturated heterocycles. The van der Waals surface area contributed by atoms with Gasteiger partial charge in [0.1, 0.15) is 0 Å². The molecule has 0 atom stereocenters.